The molecule has 1 aliphatic heterocycles. The molecule has 5 nitrogen and oxygen atoms in total. The molecule has 1 heterocycles. The minimum absolute atomic E-state index is 0.0445. The summed E-state index contributed by atoms with van der Waals surface area (Å²) in [6.45, 7) is 8.80. The van der Waals surface area contributed by atoms with Crippen molar-refractivity contribution in [3.8, 4) is 0 Å². The molecule has 1 saturated heterocycles. The summed E-state index contributed by atoms with van der Waals surface area (Å²) >= 11 is 0. The van der Waals surface area contributed by atoms with Crippen LogP contribution in [0.25, 0.3) is 0 Å². The van der Waals surface area contributed by atoms with Gasteiger partial charge in [-0.1, -0.05) is 30.3 Å². The third-order valence-electron chi connectivity index (χ3n) is 4.21. The number of carbonyl (C=O) groups excluding carboxylic acids is 2. The molecule has 0 saturated carbocycles. The summed E-state index contributed by atoms with van der Waals surface area (Å²) < 4.78 is 0. The highest BCUT2D eigenvalue weighted by atomic mass is 16.2. The SMILES string of the molecule is CCNC(=O)N1CCN(C(=O)C(C)(C)c2ccccc2)CC1. The Labute approximate surface area is 132 Å². The quantitative estimate of drug-likeness (QED) is 0.926. The van der Waals surface area contributed by atoms with Gasteiger partial charge in [0.2, 0.25) is 5.91 Å². The van der Waals surface area contributed by atoms with Crippen molar-refractivity contribution >= 4 is 11.9 Å². The maximum Gasteiger partial charge on any atom is 0.317 e. The third kappa shape index (κ3) is 3.40. The highest BCUT2D eigenvalue weighted by molar-refractivity contribution is 5.87. The fourth-order valence-corrected chi connectivity index (χ4v) is 2.75. The van der Waals surface area contributed by atoms with Crippen LogP contribution in [0.1, 0.15) is 26.3 Å². The molecule has 120 valence electrons. The first-order chi connectivity index (χ1) is 10.5. The van der Waals surface area contributed by atoms with Gasteiger partial charge in [-0.3, -0.25) is 4.79 Å². The Hall–Kier alpha value is -2.04. The van der Waals surface area contributed by atoms with Crippen LogP contribution in [0.5, 0.6) is 0 Å². The van der Waals surface area contributed by atoms with Crippen LogP contribution in [0.15, 0.2) is 30.3 Å². The van der Waals surface area contributed by atoms with Gasteiger partial charge in [0.05, 0.1) is 5.41 Å². The van der Waals surface area contributed by atoms with Gasteiger partial charge in [-0.2, -0.15) is 0 Å². The molecule has 0 aliphatic carbocycles. The Morgan fingerprint density at radius 1 is 1.05 bits per heavy atom. The Balaban J connectivity index is 1.99. The number of hydrogen-bond acceptors (Lipinski definition) is 2. The number of urea groups is 1. The highest BCUT2D eigenvalue weighted by Gasteiger charge is 2.35. The van der Waals surface area contributed by atoms with E-state index in [0.717, 1.165) is 5.56 Å². The molecular formula is C17H25N3O2. The lowest BCUT2D eigenvalue weighted by molar-refractivity contribution is -0.137. The van der Waals surface area contributed by atoms with Gasteiger partial charge < -0.3 is 15.1 Å². The molecule has 0 atom stereocenters. The standard InChI is InChI=1S/C17H25N3O2/c1-4-18-16(22)20-12-10-19(11-13-20)15(21)17(2,3)14-8-6-5-7-9-14/h5-9H,4,10-13H2,1-3H3,(H,18,22). The number of hydrogen-bond donors (Lipinski definition) is 1. The van der Waals surface area contributed by atoms with E-state index in [1.807, 2.05) is 56.0 Å². The van der Waals surface area contributed by atoms with Crippen LogP contribution in [0.4, 0.5) is 4.79 Å². The maximum absolute atomic E-state index is 12.8. The molecule has 1 fully saturated rings. The predicted octanol–water partition coefficient (Wildman–Crippen LogP) is 1.84. The lowest BCUT2D eigenvalue weighted by atomic mass is 9.83. The summed E-state index contributed by atoms with van der Waals surface area (Å²) in [6.07, 6.45) is 0. The van der Waals surface area contributed by atoms with Crippen molar-refractivity contribution < 1.29 is 9.59 Å². The number of rotatable bonds is 3. The fraction of sp³-hybridized carbons (Fsp3) is 0.529. The molecule has 1 aromatic rings. The van der Waals surface area contributed by atoms with Crippen molar-refractivity contribution in [2.24, 2.45) is 0 Å². The topological polar surface area (TPSA) is 52.7 Å². The van der Waals surface area contributed by atoms with E-state index in [2.05, 4.69) is 5.32 Å². The van der Waals surface area contributed by atoms with E-state index >= 15 is 0 Å². The monoisotopic (exact) mass is 303 g/mol. The van der Waals surface area contributed by atoms with Gasteiger partial charge in [0, 0.05) is 32.7 Å². The first-order valence-electron chi connectivity index (χ1n) is 7.84. The average molecular weight is 303 g/mol. The largest absolute Gasteiger partial charge is 0.338 e. The van der Waals surface area contributed by atoms with Gasteiger partial charge >= 0.3 is 6.03 Å². The van der Waals surface area contributed by atoms with Crippen LogP contribution in [-0.2, 0) is 10.2 Å². The van der Waals surface area contributed by atoms with E-state index in [-0.39, 0.29) is 11.9 Å². The maximum atomic E-state index is 12.8. The zero-order chi connectivity index (χ0) is 16.2. The minimum Gasteiger partial charge on any atom is -0.338 e. The first kappa shape index (κ1) is 16.3. The molecule has 0 bridgehead atoms. The predicted molar refractivity (Wildman–Crippen MR) is 86.7 cm³/mol. The van der Waals surface area contributed by atoms with E-state index in [1.54, 1.807) is 4.90 Å². The zero-order valence-corrected chi connectivity index (χ0v) is 13.6. The molecule has 0 radical (unpaired) electrons. The number of nitrogens with zero attached hydrogens (tertiary/aromatic N) is 2. The fourth-order valence-electron chi connectivity index (χ4n) is 2.75. The van der Waals surface area contributed by atoms with Gasteiger partial charge in [-0.25, -0.2) is 4.79 Å². The molecule has 5 heteroatoms. The number of nitrogens with one attached hydrogen (secondary N) is 1. The lowest BCUT2D eigenvalue weighted by Gasteiger charge is -2.38. The lowest BCUT2D eigenvalue weighted by Crippen LogP contribution is -2.56. The van der Waals surface area contributed by atoms with E-state index in [1.165, 1.54) is 0 Å². The molecular weight excluding hydrogens is 278 g/mol. The molecule has 2 rings (SSSR count). The summed E-state index contributed by atoms with van der Waals surface area (Å²) in [5, 5.41) is 2.80. The minimum atomic E-state index is -0.547. The third-order valence-corrected chi connectivity index (χ3v) is 4.21. The van der Waals surface area contributed by atoms with Crippen molar-refractivity contribution in [1.82, 2.24) is 15.1 Å². The van der Waals surface area contributed by atoms with Crippen LogP contribution in [0, 0.1) is 0 Å². The van der Waals surface area contributed by atoms with E-state index < -0.39 is 5.41 Å². The number of amides is 3. The molecule has 3 amide bonds. The summed E-state index contributed by atoms with van der Waals surface area (Å²) in [5.74, 6) is 0.120. The molecule has 0 unspecified atom stereocenters. The first-order valence-corrected chi connectivity index (χ1v) is 7.84. The van der Waals surface area contributed by atoms with Gasteiger partial charge in [0.1, 0.15) is 0 Å². The van der Waals surface area contributed by atoms with Gasteiger partial charge in [0.15, 0.2) is 0 Å². The van der Waals surface area contributed by atoms with Gasteiger partial charge in [-0.15, -0.1) is 0 Å². The summed E-state index contributed by atoms with van der Waals surface area (Å²) in [7, 11) is 0. The summed E-state index contributed by atoms with van der Waals surface area (Å²) in [6, 6.07) is 9.80. The zero-order valence-electron chi connectivity index (χ0n) is 13.6. The normalized spacial score (nSPS) is 15.6. The Bertz CT molecular complexity index is 520. The van der Waals surface area contributed by atoms with Crippen LogP contribution >= 0.6 is 0 Å². The number of benzene rings is 1. The van der Waals surface area contributed by atoms with Crippen LogP contribution in [0.3, 0.4) is 0 Å². The van der Waals surface area contributed by atoms with Crippen molar-refractivity contribution in [3.63, 3.8) is 0 Å². The van der Waals surface area contributed by atoms with E-state index in [0.29, 0.717) is 32.7 Å². The second-order valence-electron chi connectivity index (χ2n) is 6.11. The van der Waals surface area contributed by atoms with E-state index in [4.69, 9.17) is 0 Å². The number of piperazine rings is 1. The Morgan fingerprint density at radius 3 is 2.14 bits per heavy atom. The van der Waals surface area contributed by atoms with Crippen LogP contribution in [-0.4, -0.2) is 54.5 Å². The smallest absolute Gasteiger partial charge is 0.317 e. The molecule has 22 heavy (non-hydrogen) atoms. The number of carbonyl (C=O) groups is 2. The molecule has 1 N–H and O–H groups in total. The summed E-state index contributed by atoms with van der Waals surface area (Å²) in [4.78, 5) is 28.3. The highest BCUT2D eigenvalue weighted by Crippen LogP contribution is 2.26. The molecule has 1 aromatic carbocycles. The molecule has 1 aliphatic rings. The average Bonchev–Trinajstić information content (AvgIpc) is 2.55. The van der Waals surface area contributed by atoms with Crippen molar-refractivity contribution in [2.45, 2.75) is 26.2 Å². The van der Waals surface area contributed by atoms with E-state index in [9.17, 15) is 9.59 Å². The second kappa shape index (κ2) is 6.81. The van der Waals surface area contributed by atoms with Crippen LogP contribution < -0.4 is 5.32 Å². The van der Waals surface area contributed by atoms with Crippen molar-refractivity contribution in [1.29, 1.82) is 0 Å². The van der Waals surface area contributed by atoms with Gasteiger partial charge in [-0.05, 0) is 26.3 Å². The summed E-state index contributed by atoms with van der Waals surface area (Å²) in [5.41, 5.74) is 0.473. The van der Waals surface area contributed by atoms with Crippen LogP contribution in [0.2, 0.25) is 0 Å². The molecule has 0 spiro atoms. The van der Waals surface area contributed by atoms with Crippen molar-refractivity contribution in [3.05, 3.63) is 35.9 Å². The second-order valence-corrected chi connectivity index (χ2v) is 6.11. The van der Waals surface area contributed by atoms with Crippen molar-refractivity contribution in [2.75, 3.05) is 32.7 Å². The Kier molecular flexibility index (Phi) is 5.06. The van der Waals surface area contributed by atoms with Gasteiger partial charge in [0.25, 0.3) is 0 Å². The Morgan fingerprint density at radius 2 is 1.59 bits per heavy atom. The molecule has 0 aromatic heterocycles.